The number of carboxylic acids is 2. The van der Waals surface area contributed by atoms with Gasteiger partial charge in [0.05, 0.1) is 12.3 Å². The van der Waals surface area contributed by atoms with E-state index >= 15 is 0 Å². The fraction of sp³-hybridized carbons (Fsp3) is 0.800. The number of carboxylic acid groups (broad SMARTS) is 2. The van der Waals surface area contributed by atoms with Crippen molar-refractivity contribution in [3.05, 3.63) is 0 Å². The molecule has 1 aliphatic carbocycles. The highest BCUT2D eigenvalue weighted by Gasteiger charge is 2.26. The molecule has 1 fully saturated rings. The summed E-state index contributed by atoms with van der Waals surface area (Å²) in [5.74, 6) is -1.71. The zero-order valence-electron chi connectivity index (χ0n) is 8.69. The SMILES string of the molecule is O=C(O)CP(CC(=O)O)C1CCCCC1. The van der Waals surface area contributed by atoms with Crippen LogP contribution in [-0.4, -0.2) is 40.1 Å². The molecular weight excluding hydrogens is 215 g/mol. The van der Waals surface area contributed by atoms with Crippen LogP contribution >= 0.6 is 7.92 Å². The Morgan fingerprint density at radius 1 is 1.00 bits per heavy atom. The molecule has 1 saturated carbocycles. The first kappa shape index (κ1) is 12.4. The lowest BCUT2D eigenvalue weighted by Gasteiger charge is -2.28. The van der Waals surface area contributed by atoms with Crippen molar-refractivity contribution in [3.63, 3.8) is 0 Å². The zero-order valence-corrected chi connectivity index (χ0v) is 9.58. The molecule has 5 heteroatoms. The van der Waals surface area contributed by atoms with Crippen LogP contribution in [0.4, 0.5) is 0 Å². The van der Waals surface area contributed by atoms with Crippen molar-refractivity contribution >= 4 is 19.9 Å². The average molecular weight is 232 g/mol. The summed E-state index contributed by atoms with van der Waals surface area (Å²) in [4.78, 5) is 21.3. The second-order valence-corrected chi connectivity index (χ2v) is 6.52. The van der Waals surface area contributed by atoms with Crippen molar-refractivity contribution in [2.75, 3.05) is 12.3 Å². The molecule has 0 spiro atoms. The average Bonchev–Trinajstić information content (AvgIpc) is 2.17. The number of hydrogen-bond acceptors (Lipinski definition) is 2. The molecule has 4 nitrogen and oxygen atoms in total. The van der Waals surface area contributed by atoms with Gasteiger partial charge < -0.3 is 10.2 Å². The van der Waals surface area contributed by atoms with E-state index in [-0.39, 0.29) is 12.3 Å². The Hall–Kier alpha value is -0.630. The minimum atomic E-state index is -0.857. The number of hydrogen-bond donors (Lipinski definition) is 2. The van der Waals surface area contributed by atoms with E-state index in [1.54, 1.807) is 0 Å². The van der Waals surface area contributed by atoms with Crippen molar-refractivity contribution in [1.82, 2.24) is 0 Å². The van der Waals surface area contributed by atoms with Gasteiger partial charge in [0.25, 0.3) is 0 Å². The van der Waals surface area contributed by atoms with Crippen LogP contribution in [0, 0.1) is 0 Å². The fourth-order valence-electron chi connectivity index (χ4n) is 2.11. The highest BCUT2D eigenvalue weighted by atomic mass is 31.1. The molecule has 0 aromatic carbocycles. The van der Waals surface area contributed by atoms with Crippen LogP contribution in [0.5, 0.6) is 0 Å². The number of rotatable bonds is 5. The van der Waals surface area contributed by atoms with E-state index in [4.69, 9.17) is 10.2 Å². The molecule has 1 aliphatic rings. The normalized spacial score (nSPS) is 17.9. The second-order valence-electron chi connectivity index (χ2n) is 3.98. The van der Waals surface area contributed by atoms with Crippen LogP contribution < -0.4 is 0 Å². The van der Waals surface area contributed by atoms with E-state index in [1.165, 1.54) is 6.42 Å². The minimum Gasteiger partial charge on any atom is -0.481 e. The predicted octanol–water partition coefficient (Wildman–Crippen LogP) is 1.97. The molecular formula is C10H17O4P. The van der Waals surface area contributed by atoms with Crippen molar-refractivity contribution in [3.8, 4) is 0 Å². The van der Waals surface area contributed by atoms with Crippen LogP contribution in [-0.2, 0) is 9.59 Å². The van der Waals surface area contributed by atoms with Crippen molar-refractivity contribution < 1.29 is 19.8 Å². The maximum Gasteiger partial charge on any atom is 0.307 e. The maximum absolute atomic E-state index is 10.7. The molecule has 86 valence electrons. The Bertz CT molecular complexity index is 220. The topological polar surface area (TPSA) is 74.6 Å². The summed E-state index contributed by atoms with van der Waals surface area (Å²) < 4.78 is 0. The quantitative estimate of drug-likeness (QED) is 0.710. The van der Waals surface area contributed by atoms with Gasteiger partial charge in [-0.1, -0.05) is 27.2 Å². The largest absolute Gasteiger partial charge is 0.481 e. The molecule has 0 atom stereocenters. The van der Waals surface area contributed by atoms with Gasteiger partial charge in [-0.25, -0.2) is 0 Å². The van der Waals surface area contributed by atoms with Crippen LogP contribution in [0.1, 0.15) is 32.1 Å². The molecule has 2 N–H and O–H groups in total. The lowest BCUT2D eigenvalue weighted by molar-refractivity contribution is -0.134. The van der Waals surface area contributed by atoms with E-state index in [1.807, 2.05) is 0 Å². The third-order valence-corrected chi connectivity index (χ3v) is 5.67. The van der Waals surface area contributed by atoms with Gasteiger partial charge in [0.2, 0.25) is 0 Å². The van der Waals surface area contributed by atoms with Crippen LogP contribution in [0.25, 0.3) is 0 Å². The van der Waals surface area contributed by atoms with Gasteiger partial charge in [-0.15, -0.1) is 0 Å². The first-order chi connectivity index (χ1) is 7.09. The lowest BCUT2D eigenvalue weighted by Crippen LogP contribution is -2.19. The number of carbonyl (C=O) groups is 2. The summed E-state index contributed by atoms with van der Waals surface area (Å²) in [5.41, 5.74) is 0.362. The molecule has 0 aliphatic heterocycles. The van der Waals surface area contributed by atoms with Gasteiger partial charge in [0, 0.05) is 0 Å². The van der Waals surface area contributed by atoms with Crippen LogP contribution in [0.2, 0.25) is 0 Å². The first-order valence-corrected chi connectivity index (χ1v) is 7.05. The summed E-state index contributed by atoms with van der Waals surface area (Å²) in [6.07, 6.45) is 5.63. The summed E-state index contributed by atoms with van der Waals surface area (Å²) in [5, 5.41) is 17.5. The summed E-state index contributed by atoms with van der Waals surface area (Å²) in [6.45, 7) is 0. The molecule has 15 heavy (non-hydrogen) atoms. The monoisotopic (exact) mass is 232 g/mol. The molecule has 0 aromatic rings. The number of aliphatic carboxylic acids is 2. The first-order valence-electron chi connectivity index (χ1n) is 5.27. The third-order valence-electron chi connectivity index (χ3n) is 2.77. The fourth-order valence-corrected chi connectivity index (χ4v) is 4.53. The maximum atomic E-state index is 10.7. The van der Waals surface area contributed by atoms with Crippen molar-refractivity contribution in [1.29, 1.82) is 0 Å². The van der Waals surface area contributed by atoms with E-state index in [9.17, 15) is 9.59 Å². The van der Waals surface area contributed by atoms with Gasteiger partial charge in [-0.3, -0.25) is 9.59 Å². The molecule has 0 bridgehead atoms. The highest BCUT2D eigenvalue weighted by Crippen LogP contribution is 2.47. The van der Waals surface area contributed by atoms with Gasteiger partial charge in [0.15, 0.2) is 0 Å². The second kappa shape index (κ2) is 6.06. The van der Waals surface area contributed by atoms with E-state index < -0.39 is 19.9 Å². The van der Waals surface area contributed by atoms with Crippen LogP contribution in [0.15, 0.2) is 0 Å². The Labute approximate surface area is 90.4 Å². The molecule has 1 rings (SSSR count). The van der Waals surface area contributed by atoms with Crippen LogP contribution in [0.3, 0.4) is 0 Å². The molecule has 0 aromatic heterocycles. The Morgan fingerprint density at radius 3 is 1.87 bits per heavy atom. The Morgan fingerprint density at radius 2 is 1.47 bits per heavy atom. The van der Waals surface area contributed by atoms with E-state index in [0.29, 0.717) is 5.66 Å². The molecule has 0 amide bonds. The van der Waals surface area contributed by atoms with Gasteiger partial charge in [-0.05, 0) is 18.5 Å². The highest BCUT2D eigenvalue weighted by molar-refractivity contribution is 7.60. The van der Waals surface area contributed by atoms with E-state index in [2.05, 4.69) is 0 Å². The van der Waals surface area contributed by atoms with Gasteiger partial charge >= 0.3 is 11.9 Å². The summed E-state index contributed by atoms with van der Waals surface area (Å²) in [7, 11) is -0.857. The molecule has 0 saturated heterocycles. The van der Waals surface area contributed by atoms with Gasteiger partial charge in [-0.2, -0.15) is 0 Å². The summed E-state index contributed by atoms with van der Waals surface area (Å²) in [6, 6.07) is 0. The minimum absolute atomic E-state index is 0.0618. The third kappa shape index (κ3) is 4.61. The van der Waals surface area contributed by atoms with Crippen molar-refractivity contribution in [2.45, 2.75) is 37.8 Å². The Balaban J connectivity index is 2.52. The van der Waals surface area contributed by atoms with E-state index in [0.717, 1.165) is 25.7 Å². The van der Waals surface area contributed by atoms with Crippen molar-refractivity contribution in [2.24, 2.45) is 0 Å². The predicted molar refractivity (Wildman–Crippen MR) is 58.8 cm³/mol. The lowest BCUT2D eigenvalue weighted by atomic mass is 10.0. The molecule has 0 radical (unpaired) electrons. The molecule has 0 heterocycles. The summed E-state index contributed by atoms with van der Waals surface area (Å²) >= 11 is 0. The van der Waals surface area contributed by atoms with Gasteiger partial charge in [0.1, 0.15) is 0 Å². The molecule has 0 unspecified atom stereocenters. The zero-order chi connectivity index (χ0) is 11.3. The Kier molecular flexibility index (Phi) is 5.03. The smallest absolute Gasteiger partial charge is 0.307 e. The standard InChI is InChI=1S/C10H17O4P/c11-9(12)6-15(7-10(13)14)8-4-2-1-3-5-8/h8H,1-7H2,(H,11,12)(H,13,14).